The molecule has 1 N–H and O–H groups in total. The molecule has 0 aliphatic heterocycles. The molecule has 1 unspecified atom stereocenters. The van der Waals surface area contributed by atoms with Crippen LogP contribution >= 0.6 is 0 Å². The highest BCUT2D eigenvalue weighted by atomic mass is 19.1. The Morgan fingerprint density at radius 2 is 1.63 bits per heavy atom. The van der Waals surface area contributed by atoms with Gasteiger partial charge in [-0.1, -0.05) is 18.2 Å². The van der Waals surface area contributed by atoms with Gasteiger partial charge in [-0.05, 0) is 6.07 Å². The third kappa shape index (κ3) is 3.48. The Morgan fingerprint density at radius 3 is 2.26 bits per heavy atom. The van der Waals surface area contributed by atoms with Gasteiger partial charge in [0.05, 0.1) is 0 Å². The van der Waals surface area contributed by atoms with E-state index < -0.39 is 23.6 Å². The number of benzene rings is 2. The standard InChI is InChI=1S/C14H11F3O2/c15-9-5-10(16)7-11(6-9)19-8-14(18)12-3-1-2-4-13(12)17/h1-7,14,18H,8H2. The van der Waals surface area contributed by atoms with Crippen LogP contribution in [0, 0.1) is 17.5 Å². The van der Waals surface area contributed by atoms with Crippen molar-refractivity contribution in [2.75, 3.05) is 6.61 Å². The lowest BCUT2D eigenvalue weighted by Gasteiger charge is -2.13. The molecule has 5 heteroatoms. The Bertz CT molecular complexity index is 552. The fourth-order valence-corrected chi connectivity index (χ4v) is 1.62. The fourth-order valence-electron chi connectivity index (χ4n) is 1.62. The SMILES string of the molecule is OC(COc1cc(F)cc(F)c1)c1ccccc1F. The quantitative estimate of drug-likeness (QED) is 0.922. The summed E-state index contributed by atoms with van der Waals surface area (Å²) >= 11 is 0. The van der Waals surface area contributed by atoms with Crippen LogP contribution in [0.3, 0.4) is 0 Å². The first kappa shape index (κ1) is 13.4. The molecule has 0 saturated carbocycles. The number of ether oxygens (including phenoxy) is 1. The topological polar surface area (TPSA) is 29.5 Å². The Morgan fingerprint density at radius 1 is 1.00 bits per heavy atom. The monoisotopic (exact) mass is 268 g/mol. The normalized spacial score (nSPS) is 12.2. The number of halogens is 3. The molecule has 2 nitrogen and oxygen atoms in total. The summed E-state index contributed by atoms with van der Waals surface area (Å²) in [5.74, 6) is -2.19. The van der Waals surface area contributed by atoms with Crippen molar-refractivity contribution in [1.29, 1.82) is 0 Å². The molecule has 0 amide bonds. The minimum absolute atomic E-state index is 0.0621. The van der Waals surface area contributed by atoms with E-state index in [1.54, 1.807) is 6.07 Å². The van der Waals surface area contributed by atoms with E-state index in [2.05, 4.69) is 0 Å². The van der Waals surface area contributed by atoms with E-state index in [0.29, 0.717) is 6.07 Å². The molecular weight excluding hydrogens is 257 g/mol. The van der Waals surface area contributed by atoms with Crippen LogP contribution in [-0.2, 0) is 0 Å². The highest BCUT2D eigenvalue weighted by Gasteiger charge is 2.13. The zero-order chi connectivity index (χ0) is 13.8. The molecule has 100 valence electrons. The van der Waals surface area contributed by atoms with Crippen molar-refractivity contribution in [3.05, 3.63) is 65.5 Å². The van der Waals surface area contributed by atoms with Crippen molar-refractivity contribution in [2.45, 2.75) is 6.10 Å². The van der Waals surface area contributed by atoms with Crippen LogP contribution in [0.4, 0.5) is 13.2 Å². The first-order valence-corrected chi connectivity index (χ1v) is 5.57. The van der Waals surface area contributed by atoms with E-state index in [1.165, 1.54) is 18.2 Å². The lowest BCUT2D eigenvalue weighted by atomic mass is 10.1. The van der Waals surface area contributed by atoms with Crippen LogP contribution in [0.25, 0.3) is 0 Å². The van der Waals surface area contributed by atoms with Crippen LogP contribution in [-0.4, -0.2) is 11.7 Å². The van der Waals surface area contributed by atoms with Gasteiger partial charge in [0.15, 0.2) is 0 Å². The lowest BCUT2D eigenvalue weighted by molar-refractivity contribution is 0.104. The average Bonchev–Trinajstić information content (AvgIpc) is 2.35. The summed E-state index contributed by atoms with van der Waals surface area (Å²) in [6, 6.07) is 8.36. The molecule has 0 aromatic heterocycles. The van der Waals surface area contributed by atoms with Crippen molar-refractivity contribution in [3.63, 3.8) is 0 Å². The zero-order valence-electron chi connectivity index (χ0n) is 9.82. The van der Waals surface area contributed by atoms with E-state index in [4.69, 9.17) is 4.74 Å². The van der Waals surface area contributed by atoms with Crippen LogP contribution in [0.2, 0.25) is 0 Å². The minimum atomic E-state index is -1.22. The van der Waals surface area contributed by atoms with Crippen LogP contribution < -0.4 is 4.74 Å². The smallest absolute Gasteiger partial charge is 0.129 e. The van der Waals surface area contributed by atoms with Gasteiger partial charge in [-0.25, -0.2) is 13.2 Å². The zero-order valence-corrected chi connectivity index (χ0v) is 9.82. The maximum absolute atomic E-state index is 13.4. The molecule has 0 fully saturated rings. The van der Waals surface area contributed by atoms with E-state index in [-0.39, 0.29) is 17.9 Å². The maximum atomic E-state index is 13.4. The molecule has 0 bridgehead atoms. The number of aliphatic hydroxyl groups excluding tert-OH is 1. The number of rotatable bonds is 4. The van der Waals surface area contributed by atoms with Gasteiger partial charge in [-0.2, -0.15) is 0 Å². The number of hydrogen-bond donors (Lipinski definition) is 1. The molecule has 0 radical (unpaired) electrons. The average molecular weight is 268 g/mol. The molecule has 0 spiro atoms. The van der Waals surface area contributed by atoms with Gasteiger partial charge in [0.1, 0.15) is 35.9 Å². The van der Waals surface area contributed by atoms with Gasteiger partial charge in [0, 0.05) is 23.8 Å². The highest BCUT2D eigenvalue weighted by Crippen LogP contribution is 2.20. The second-order valence-electron chi connectivity index (χ2n) is 3.95. The Kier molecular flexibility index (Phi) is 4.06. The largest absolute Gasteiger partial charge is 0.490 e. The Balaban J connectivity index is 2.04. The molecule has 2 aromatic rings. The molecule has 19 heavy (non-hydrogen) atoms. The summed E-state index contributed by atoms with van der Waals surface area (Å²) in [5.41, 5.74) is 0.0689. The third-order valence-corrected chi connectivity index (χ3v) is 2.51. The summed E-state index contributed by atoms with van der Waals surface area (Å²) in [6.45, 7) is -0.302. The van der Waals surface area contributed by atoms with E-state index in [9.17, 15) is 18.3 Å². The van der Waals surface area contributed by atoms with Crippen molar-refractivity contribution in [2.24, 2.45) is 0 Å². The summed E-state index contributed by atoms with van der Waals surface area (Å²) in [5, 5.41) is 9.75. The van der Waals surface area contributed by atoms with E-state index in [1.807, 2.05) is 0 Å². The minimum Gasteiger partial charge on any atom is -0.490 e. The predicted octanol–water partition coefficient (Wildman–Crippen LogP) is 3.22. The molecule has 2 aromatic carbocycles. The molecular formula is C14H11F3O2. The fraction of sp³-hybridized carbons (Fsp3) is 0.143. The molecule has 2 rings (SSSR count). The molecule has 0 aliphatic carbocycles. The van der Waals surface area contributed by atoms with Crippen molar-refractivity contribution in [3.8, 4) is 5.75 Å². The lowest BCUT2D eigenvalue weighted by Crippen LogP contribution is -2.11. The first-order chi connectivity index (χ1) is 9.06. The van der Waals surface area contributed by atoms with Crippen molar-refractivity contribution in [1.82, 2.24) is 0 Å². The van der Waals surface area contributed by atoms with Gasteiger partial charge >= 0.3 is 0 Å². The van der Waals surface area contributed by atoms with Crippen molar-refractivity contribution >= 4 is 0 Å². The van der Waals surface area contributed by atoms with Gasteiger partial charge in [0.2, 0.25) is 0 Å². The van der Waals surface area contributed by atoms with Gasteiger partial charge < -0.3 is 9.84 Å². The summed E-state index contributed by atoms with van der Waals surface area (Å²) < 4.78 is 44.2. The van der Waals surface area contributed by atoms with Crippen LogP contribution in [0.15, 0.2) is 42.5 Å². The van der Waals surface area contributed by atoms with Crippen molar-refractivity contribution < 1.29 is 23.0 Å². The summed E-state index contributed by atoms with van der Waals surface area (Å²) in [7, 11) is 0. The summed E-state index contributed by atoms with van der Waals surface area (Å²) in [6.07, 6.45) is -1.22. The second kappa shape index (κ2) is 5.75. The Hall–Kier alpha value is -2.01. The number of hydrogen-bond acceptors (Lipinski definition) is 2. The van der Waals surface area contributed by atoms with Gasteiger partial charge in [0.25, 0.3) is 0 Å². The molecule has 1 atom stereocenters. The van der Waals surface area contributed by atoms with E-state index in [0.717, 1.165) is 12.1 Å². The van der Waals surface area contributed by atoms with Crippen LogP contribution in [0.1, 0.15) is 11.7 Å². The second-order valence-corrected chi connectivity index (χ2v) is 3.95. The predicted molar refractivity (Wildman–Crippen MR) is 63.2 cm³/mol. The number of aliphatic hydroxyl groups is 1. The molecule has 0 saturated heterocycles. The Labute approximate surface area is 108 Å². The maximum Gasteiger partial charge on any atom is 0.129 e. The third-order valence-electron chi connectivity index (χ3n) is 2.51. The molecule has 0 aliphatic rings. The van der Waals surface area contributed by atoms with E-state index >= 15 is 0 Å². The van der Waals surface area contributed by atoms with Crippen LogP contribution in [0.5, 0.6) is 5.75 Å². The van der Waals surface area contributed by atoms with Gasteiger partial charge in [-0.15, -0.1) is 0 Å². The first-order valence-electron chi connectivity index (χ1n) is 5.57. The summed E-state index contributed by atoms with van der Waals surface area (Å²) in [4.78, 5) is 0. The molecule has 0 heterocycles. The van der Waals surface area contributed by atoms with Gasteiger partial charge in [-0.3, -0.25) is 0 Å². The highest BCUT2D eigenvalue weighted by molar-refractivity contribution is 5.24.